The molecular formula is C23H19NO. The lowest BCUT2D eigenvalue weighted by atomic mass is 9.97. The van der Waals surface area contributed by atoms with E-state index in [1.165, 1.54) is 27.1 Å². The molecule has 2 heteroatoms. The number of methoxy groups -OCH3 is 1. The van der Waals surface area contributed by atoms with E-state index in [-0.39, 0.29) is 0 Å². The molecule has 4 aromatic rings. The second kappa shape index (κ2) is 6.78. The average molecular weight is 325 g/mol. The molecule has 0 radical (unpaired) electrons. The van der Waals surface area contributed by atoms with Crippen LogP contribution in [0, 0.1) is 0 Å². The van der Waals surface area contributed by atoms with Gasteiger partial charge in [-0.1, -0.05) is 48.5 Å². The molecule has 122 valence electrons. The Balaban J connectivity index is 1.72. The molecule has 0 atom stereocenters. The molecule has 4 rings (SSSR count). The van der Waals surface area contributed by atoms with Gasteiger partial charge in [-0.3, -0.25) is 4.99 Å². The number of nitrogens with zero attached hydrogens (tertiary/aromatic N) is 1. The van der Waals surface area contributed by atoms with Crippen LogP contribution in [0.2, 0.25) is 0 Å². The van der Waals surface area contributed by atoms with Crippen LogP contribution in [0.1, 0.15) is 11.1 Å². The van der Waals surface area contributed by atoms with Gasteiger partial charge in [0.25, 0.3) is 0 Å². The molecule has 0 saturated carbocycles. The van der Waals surface area contributed by atoms with Gasteiger partial charge in [0, 0.05) is 6.21 Å². The molecule has 0 fully saturated rings. The zero-order valence-electron chi connectivity index (χ0n) is 14.1. The summed E-state index contributed by atoms with van der Waals surface area (Å²) < 4.78 is 5.19. The largest absolute Gasteiger partial charge is 0.497 e. The monoisotopic (exact) mass is 325 g/mol. The van der Waals surface area contributed by atoms with Crippen LogP contribution in [-0.2, 0) is 6.54 Å². The first kappa shape index (κ1) is 15.4. The Hall–Kier alpha value is -3.13. The second-order valence-corrected chi connectivity index (χ2v) is 6.04. The average Bonchev–Trinajstić information content (AvgIpc) is 2.68. The Morgan fingerprint density at radius 1 is 0.800 bits per heavy atom. The van der Waals surface area contributed by atoms with Gasteiger partial charge in [0.1, 0.15) is 5.75 Å². The van der Waals surface area contributed by atoms with Gasteiger partial charge in [0.15, 0.2) is 0 Å². The quantitative estimate of drug-likeness (QED) is 0.352. The number of benzene rings is 4. The van der Waals surface area contributed by atoms with E-state index in [9.17, 15) is 0 Å². The zero-order valence-corrected chi connectivity index (χ0v) is 14.1. The molecule has 0 aliphatic rings. The molecule has 0 aliphatic carbocycles. The predicted octanol–water partition coefficient (Wildman–Crippen LogP) is 5.62. The van der Waals surface area contributed by atoms with Gasteiger partial charge in [-0.25, -0.2) is 0 Å². The van der Waals surface area contributed by atoms with Crippen molar-refractivity contribution in [2.75, 3.05) is 7.11 Å². The SMILES string of the molecule is COc1ccc(/C=N/Cc2c3ccccc3cc3ccccc23)cc1. The highest BCUT2D eigenvalue weighted by Gasteiger charge is 2.06. The van der Waals surface area contributed by atoms with Crippen LogP contribution < -0.4 is 4.74 Å². The lowest BCUT2D eigenvalue weighted by Gasteiger charge is -2.09. The molecule has 0 unspecified atom stereocenters. The van der Waals surface area contributed by atoms with Crippen molar-refractivity contribution in [3.8, 4) is 5.75 Å². The van der Waals surface area contributed by atoms with Gasteiger partial charge in [-0.05, 0) is 63.0 Å². The lowest BCUT2D eigenvalue weighted by Crippen LogP contribution is -1.90. The van der Waals surface area contributed by atoms with Crippen molar-refractivity contribution in [2.45, 2.75) is 6.54 Å². The van der Waals surface area contributed by atoms with Crippen molar-refractivity contribution in [1.82, 2.24) is 0 Å². The highest BCUT2D eigenvalue weighted by atomic mass is 16.5. The maximum atomic E-state index is 5.19. The predicted molar refractivity (Wildman–Crippen MR) is 106 cm³/mol. The van der Waals surface area contributed by atoms with Gasteiger partial charge in [0.05, 0.1) is 13.7 Å². The number of ether oxygens (including phenoxy) is 1. The minimum absolute atomic E-state index is 0.661. The minimum Gasteiger partial charge on any atom is -0.497 e. The standard InChI is InChI=1S/C23H19NO/c1-25-20-12-10-17(11-13-20)15-24-16-23-21-8-4-2-6-18(21)14-19-7-3-5-9-22(19)23/h2-15H,16H2,1H3/b24-15+. The number of aliphatic imine (C=N–C) groups is 1. The third-order valence-electron chi connectivity index (χ3n) is 4.49. The molecule has 0 bridgehead atoms. The fourth-order valence-corrected chi connectivity index (χ4v) is 3.21. The molecule has 0 amide bonds. The summed E-state index contributed by atoms with van der Waals surface area (Å²) in [6, 6.07) is 27.2. The number of hydrogen-bond donors (Lipinski definition) is 0. The van der Waals surface area contributed by atoms with Crippen LogP contribution >= 0.6 is 0 Å². The summed E-state index contributed by atoms with van der Waals surface area (Å²) in [6.07, 6.45) is 1.93. The van der Waals surface area contributed by atoms with E-state index < -0.39 is 0 Å². The van der Waals surface area contributed by atoms with Crippen molar-refractivity contribution in [1.29, 1.82) is 0 Å². The first-order valence-electron chi connectivity index (χ1n) is 8.38. The van der Waals surface area contributed by atoms with E-state index in [1.54, 1.807) is 7.11 Å². The number of rotatable bonds is 4. The first-order valence-corrected chi connectivity index (χ1v) is 8.38. The normalized spacial score (nSPS) is 11.4. The molecule has 4 aromatic carbocycles. The summed E-state index contributed by atoms with van der Waals surface area (Å²) in [5.74, 6) is 0.859. The molecule has 0 saturated heterocycles. The molecular weight excluding hydrogens is 306 g/mol. The summed E-state index contributed by atoms with van der Waals surface area (Å²) in [5, 5.41) is 5.06. The van der Waals surface area contributed by atoms with E-state index in [1.807, 2.05) is 30.5 Å². The van der Waals surface area contributed by atoms with E-state index in [0.717, 1.165) is 11.3 Å². The maximum Gasteiger partial charge on any atom is 0.118 e. The second-order valence-electron chi connectivity index (χ2n) is 6.04. The van der Waals surface area contributed by atoms with Crippen LogP contribution in [-0.4, -0.2) is 13.3 Å². The van der Waals surface area contributed by atoms with E-state index in [4.69, 9.17) is 9.73 Å². The Morgan fingerprint density at radius 2 is 1.40 bits per heavy atom. The Kier molecular flexibility index (Phi) is 4.17. The van der Waals surface area contributed by atoms with Gasteiger partial charge in [-0.15, -0.1) is 0 Å². The highest BCUT2D eigenvalue weighted by Crippen LogP contribution is 2.29. The highest BCUT2D eigenvalue weighted by molar-refractivity contribution is 6.02. The van der Waals surface area contributed by atoms with Crippen molar-refractivity contribution < 1.29 is 4.74 Å². The van der Waals surface area contributed by atoms with Crippen molar-refractivity contribution in [2.24, 2.45) is 4.99 Å². The summed E-state index contributed by atoms with van der Waals surface area (Å²) in [6.45, 7) is 0.661. The van der Waals surface area contributed by atoms with E-state index in [0.29, 0.717) is 6.54 Å². The third kappa shape index (κ3) is 3.11. The Morgan fingerprint density at radius 3 is 2.00 bits per heavy atom. The zero-order chi connectivity index (χ0) is 17.1. The topological polar surface area (TPSA) is 21.6 Å². The summed E-state index contributed by atoms with van der Waals surface area (Å²) in [4.78, 5) is 4.70. The fraction of sp³-hybridized carbons (Fsp3) is 0.0870. The molecule has 0 heterocycles. The van der Waals surface area contributed by atoms with Crippen LogP contribution in [0.5, 0.6) is 5.75 Å². The molecule has 0 N–H and O–H groups in total. The minimum atomic E-state index is 0.661. The van der Waals surface area contributed by atoms with Crippen molar-refractivity contribution in [3.05, 3.63) is 90.0 Å². The van der Waals surface area contributed by atoms with Crippen molar-refractivity contribution in [3.63, 3.8) is 0 Å². The van der Waals surface area contributed by atoms with Gasteiger partial charge < -0.3 is 4.74 Å². The number of fused-ring (bicyclic) bond motifs is 2. The summed E-state index contributed by atoms with van der Waals surface area (Å²) in [7, 11) is 1.68. The maximum absolute atomic E-state index is 5.19. The van der Waals surface area contributed by atoms with Gasteiger partial charge in [0.2, 0.25) is 0 Å². The van der Waals surface area contributed by atoms with Crippen molar-refractivity contribution >= 4 is 27.8 Å². The number of hydrogen-bond acceptors (Lipinski definition) is 2. The Bertz CT molecular complexity index is 995. The van der Waals surface area contributed by atoms with E-state index in [2.05, 4.69) is 54.6 Å². The molecule has 0 aromatic heterocycles. The van der Waals surface area contributed by atoms with Crippen LogP contribution in [0.3, 0.4) is 0 Å². The van der Waals surface area contributed by atoms with Gasteiger partial charge in [-0.2, -0.15) is 0 Å². The summed E-state index contributed by atoms with van der Waals surface area (Å²) in [5.41, 5.74) is 2.35. The Labute approximate surface area is 147 Å². The molecule has 0 spiro atoms. The smallest absolute Gasteiger partial charge is 0.118 e. The molecule has 0 aliphatic heterocycles. The van der Waals surface area contributed by atoms with Crippen LogP contribution in [0.25, 0.3) is 21.5 Å². The fourth-order valence-electron chi connectivity index (χ4n) is 3.21. The lowest BCUT2D eigenvalue weighted by molar-refractivity contribution is 0.415. The third-order valence-corrected chi connectivity index (χ3v) is 4.49. The van der Waals surface area contributed by atoms with Gasteiger partial charge >= 0.3 is 0 Å². The molecule has 25 heavy (non-hydrogen) atoms. The van der Waals surface area contributed by atoms with E-state index >= 15 is 0 Å². The van der Waals surface area contributed by atoms with Crippen LogP contribution in [0.15, 0.2) is 83.9 Å². The first-order chi connectivity index (χ1) is 12.3. The molecule has 2 nitrogen and oxygen atoms in total. The van der Waals surface area contributed by atoms with Crippen LogP contribution in [0.4, 0.5) is 0 Å². The summed E-state index contributed by atoms with van der Waals surface area (Å²) >= 11 is 0.